The van der Waals surface area contributed by atoms with E-state index in [0.29, 0.717) is 25.8 Å². The molecule has 0 aliphatic heterocycles. The van der Waals surface area contributed by atoms with Gasteiger partial charge in [0.25, 0.3) is 0 Å². The summed E-state index contributed by atoms with van der Waals surface area (Å²) in [5.74, 6) is 0. The Morgan fingerprint density at radius 1 is 1.27 bits per heavy atom. The van der Waals surface area contributed by atoms with Crippen LogP contribution >= 0.6 is 0 Å². The molecule has 64 valence electrons. The van der Waals surface area contributed by atoms with Crippen LogP contribution in [0.2, 0.25) is 0 Å². The molecule has 3 N–H and O–H groups in total. The van der Waals surface area contributed by atoms with Gasteiger partial charge in [-0.1, -0.05) is 0 Å². The number of hydrogen-bond acceptors (Lipinski definition) is 3. The van der Waals surface area contributed by atoms with Crippen LogP contribution in [0.3, 0.4) is 0 Å². The third-order valence-electron chi connectivity index (χ3n) is 1.14. The van der Waals surface area contributed by atoms with Crippen molar-refractivity contribution < 1.29 is 14.7 Å². The van der Waals surface area contributed by atoms with Gasteiger partial charge in [0.15, 0.2) is 0 Å². The number of rotatable bonds is 7. The van der Waals surface area contributed by atoms with Crippen molar-refractivity contribution in [2.75, 3.05) is 13.1 Å². The maximum absolute atomic E-state index is 9.75. The first kappa shape index (κ1) is 9.90. The van der Waals surface area contributed by atoms with E-state index in [-0.39, 0.29) is 6.54 Å². The van der Waals surface area contributed by atoms with E-state index < -0.39 is 6.10 Å². The van der Waals surface area contributed by atoms with E-state index in [1.165, 1.54) is 0 Å². The summed E-state index contributed by atoms with van der Waals surface area (Å²) < 4.78 is 0. The van der Waals surface area contributed by atoms with Gasteiger partial charge in [0, 0.05) is 13.1 Å². The summed E-state index contributed by atoms with van der Waals surface area (Å²) in [6, 6.07) is 0. The van der Waals surface area contributed by atoms with Gasteiger partial charge in [-0.25, -0.2) is 0 Å². The smallest absolute Gasteiger partial charge is 0.207 e. The van der Waals surface area contributed by atoms with Crippen molar-refractivity contribution in [3.63, 3.8) is 0 Å². The molecule has 1 unspecified atom stereocenters. The Balaban J connectivity index is 3.14. The van der Waals surface area contributed by atoms with E-state index in [1.54, 1.807) is 0 Å². The summed E-state index contributed by atoms with van der Waals surface area (Å²) in [5, 5.41) is 13.8. The minimum absolute atomic E-state index is 0.226. The van der Waals surface area contributed by atoms with Crippen LogP contribution in [-0.2, 0) is 9.59 Å². The van der Waals surface area contributed by atoms with Crippen molar-refractivity contribution in [2.45, 2.75) is 12.5 Å². The maximum atomic E-state index is 9.75. The summed E-state index contributed by atoms with van der Waals surface area (Å²) in [5.41, 5.74) is 0. The first-order valence-corrected chi connectivity index (χ1v) is 3.33. The second kappa shape index (κ2) is 7.01. The van der Waals surface area contributed by atoms with Gasteiger partial charge in [-0.3, -0.25) is 9.59 Å². The molecule has 5 heteroatoms. The quantitative estimate of drug-likeness (QED) is 0.304. The van der Waals surface area contributed by atoms with Crippen LogP contribution in [0.25, 0.3) is 0 Å². The highest BCUT2D eigenvalue weighted by molar-refractivity contribution is 5.46. The molecule has 0 bridgehead atoms. The Kier molecular flexibility index (Phi) is 6.31. The third kappa shape index (κ3) is 6.79. The van der Waals surface area contributed by atoms with E-state index in [4.69, 9.17) is 5.11 Å². The number of carbonyl (C=O) groups excluding carboxylic acids is 2. The molecule has 0 saturated carbocycles. The van der Waals surface area contributed by atoms with Crippen molar-refractivity contribution >= 4 is 12.8 Å². The largest absolute Gasteiger partial charge is 0.391 e. The van der Waals surface area contributed by atoms with E-state index in [0.717, 1.165) is 0 Å². The van der Waals surface area contributed by atoms with Gasteiger partial charge in [0.2, 0.25) is 12.8 Å². The third-order valence-corrected chi connectivity index (χ3v) is 1.14. The standard InChI is InChI=1S/C6H12N2O3/c9-4-7-2-1-6(11)3-8-5-10/h4-6,11H,1-3H2,(H,7,9)(H,8,10). The lowest BCUT2D eigenvalue weighted by molar-refractivity contribution is -0.110. The Bertz CT molecular complexity index is 118. The summed E-state index contributed by atoms with van der Waals surface area (Å²) in [6.45, 7) is 0.648. The number of aliphatic hydroxyl groups is 1. The normalized spacial score (nSPS) is 11.7. The Hall–Kier alpha value is -1.10. The second-order valence-electron chi connectivity index (χ2n) is 2.04. The van der Waals surface area contributed by atoms with Crippen molar-refractivity contribution in [2.24, 2.45) is 0 Å². The van der Waals surface area contributed by atoms with Crippen LogP contribution in [0.15, 0.2) is 0 Å². The highest BCUT2D eigenvalue weighted by Crippen LogP contribution is 1.85. The zero-order valence-electron chi connectivity index (χ0n) is 6.12. The van der Waals surface area contributed by atoms with E-state index in [1.807, 2.05) is 0 Å². The van der Waals surface area contributed by atoms with Crippen LogP contribution in [0.4, 0.5) is 0 Å². The second-order valence-corrected chi connectivity index (χ2v) is 2.04. The van der Waals surface area contributed by atoms with Crippen LogP contribution in [0.5, 0.6) is 0 Å². The van der Waals surface area contributed by atoms with Crippen LogP contribution < -0.4 is 10.6 Å². The maximum Gasteiger partial charge on any atom is 0.207 e. The van der Waals surface area contributed by atoms with Gasteiger partial charge in [-0.05, 0) is 6.42 Å². The van der Waals surface area contributed by atoms with Gasteiger partial charge >= 0.3 is 0 Å². The molecule has 0 fully saturated rings. The fraction of sp³-hybridized carbons (Fsp3) is 0.667. The average Bonchev–Trinajstić information content (AvgIpc) is 2.01. The number of aliphatic hydroxyl groups excluding tert-OH is 1. The molecular weight excluding hydrogens is 148 g/mol. The molecule has 0 spiro atoms. The summed E-state index contributed by atoms with van der Waals surface area (Å²) in [7, 11) is 0. The fourth-order valence-electron chi connectivity index (χ4n) is 0.595. The summed E-state index contributed by atoms with van der Waals surface area (Å²) in [6.07, 6.45) is 0.947. The molecule has 1 atom stereocenters. The highest BCUT2D eigenvalue weighted by Gasteiger charge is 2.00. The SMILES string of the molecule is O=CNCCC(O)CNC=O. The predicted octanol–water partition coefficient (Wildman–Crippen LogP) is -1.77. The molecule has 5 nitrogen and oxygen atoms in total. The van der Waals surface area contributed by atoms with Gasteiger partial charge in [0.1, 0.15) is 0 Å². The number of hydrogen-bond donors (Lipinski definition) is 3. The van der Waals surface area contributed by atoms with Gasteiger partial charge in [0.05, 0.1) is 6.10 Å². The molecule has 0 aliphatic rings. The molecule has 0 heterocycles. The van der Waals surface area contributed by atoms with Gasteiger partial charge in [-0.2, -0.15) is 0 Å². The molecular formula is C6H12N2O3. The van der Waals surface area contributed by atoms with Crippen molar-refractivity contribution in [1.82, 2.24) is 10.6 Å². The first-order chi connectivity index (χ1) is 5.31. The topological polar surface area (TPSA) is 78.4 Å². The van der Waals surface area contributed by atoms with Crippen LogP contribution in [0, 0.1) is 0 Å². The average molecular weight is 160 g/mol. The fourth-order valence-corrected chi connectivity index (χ4v) is 0.595. The van der Waals surface area contributed by atoms with Crippen molar-refractivity contribution in [1.29, 1.82) is 0 Å². The molecule has 0 aliphatic carbocycles. The van der Waals surface area contributed by atoms with Crippen LogP contribution in [0.1, 0.15) is 6.42 Å². The van der Waals surface area contributed by atoms with E-state index in [2.05, 4.69) is 10.6 Å². The van der Waals surface area contributed by atoms with Gasteiger partial charge < -0.3 is 15.7 Å². The van der Waals surface area contributed by atoms with E-state index >= 15 is 0 Å². The zero-order valence-corrected chi connectivity index (χ0v) is 6.12. The lowest BCUT2D eigenvalue weighted by Crippen LogP contribution is -2.28. The number of carbonyl (C=O) groups is 2. The van der Waals surface area contributed by atoms with Crippen molar-refractivity contribution in [3.05, 3.63) is 0 Å². The van der Waals surface area contributed by atoms with Crippen LogP contribution in [-0.4, -0.2) is 37.1 Å². The number of nitrogens with one attached hydrogen (secondary N) is 2. The lowest BCUT2D eigenvalue weighted by atomic mass is 10.2. The molecule has 0 aromatic carbocycles. The van der Waals surface area contributed by atoms with Crippen molar-refractivity contribution in [3.8, 4) is 0 Å². The highest BCUT2D eigenvalue weighted by atomic mass is 16.3. The molecule has 0 aromatic heterocycles. The zero-order chi connectivity index (χ0) is 8.53. The minimum Gasteiger partial charge on any atom is -0.391 e. The lowest BCUT2D eigenvalue weighted by Gasteiger charge is -2.07. The molecule has 0 aromatic rings. The Morgan fingerprint density at radius 2 is 1.91 bits per heavy atom. The molecule has 0 rings (SSSR count). The Morgan fingerprint density at radius 3 is 2.45 bits per heavy atom. The first-order valence-electron chi connectivity index (χ1n) is 3.33. The molecule has 0 radical (unpaired) electrons. The van der Waals surface area contributed by atoms with Gasteiger partial charge in [-0.15, -0.1) is 0 Å². The summed E-state index contributed by atoms with van der Waals surface area (Å²) in [4.78, 5) is 19.5. The van der Waals surface area contributed by atoms with E-state index in [9.17, 15) is 9.59 Å². The summed E-state index contributed by atoms with van der Waals surface area (Å²) >= 11 is 0. The molecule has 0 saturated heterocycles. The molecule has 11 heavy (non-hydrogen) atoms. The number of amides is 2. The minimum atomic E-state index is -0.590. The monoisotopic (exact) mass is 160 g/mol. The molecule has 2 amide bonds. The Labute approximate surface area is 64.8 Å². The predicted molar refractivity (Wildman–Crippen MR) is 38.8 cm³/mol.